The molecule has 10 nitrogen and oxygen atoms in total. The highest BCUT2D eigenvalue weighted by molar-refractivity contribution is 5.91. The number of benzene rings is 1. The molecular formula is C21H16FN5O5. The number of amides is 1. The fourth-order valence-corrected chi connectivity index (χ4v) is 4.41. The van der Waals surface area contributed by atoms with Crippen molar-refractivity contribution in [2.24, 2.45) is 0 Å². The molecule has 1 N–H and O–H groups in total. The number of anilines is 1. The van der Waals surface area contributed by atoms with Gasteiger partial charge >= 0.3 is 6.09 Å². The number of halogens is 1. The van der Waals surface area contributed by atoms with Crippen molar-refractivity contribution in [1.29, 1.82) is 0 Å². The van der Waals surface area contributed by atoms with E-state index in [1.54, 1.807) is 19.1 Å². The van der Waals surface area contributed by atoms with Crippen molar-refractivity contribution < 1.29 is 28.3 Å². The van der Waals surface area contributed by atoms with Crippen LogP contribution in [0.15, 0.2) is 35.3 Å². The van der Waals surface area contributed by atoms with Crippen molar-refractivity contribution >= 4 is 17.6 Å². The summed E-state index contributed by atoms with van der Waals surface area (Å²) in [7, 11) is 0. The monoisotopic (exact) mass is 437 g/mol. The van der Waals surface area contributed by atoms with Crippen molar-refractivity contribution in [3.05, 3.63) is 53.4 Å². The first kappa shape index (κ1) is 18.6. The van der Waals surface area contributed by atoms with E-state index in [-0.39, 0.29) is 36.2 Å². The Balaban J connectivity index is 1.62. The highest BCUT2D eigenvalue weighted by Gasteiger charge is 2.35. The summed E-state index contributed by atoms with van der Waals surface area (Å²) in [5.41, 5.74) is 3.23. The van der Waals surface area contributed by atoms with Crippen molar-refractivity contribution in [2.75, 3.05) is 18.1 Å². The molecule has 3 aromatic heterocycles. The van der Waals surface area contributed by atoms with Gasteiger partial charge in [-0.15, -0.1) is 10.2 Å². The number of nitrogens with zero attached hydrogens (tertiary/aromatic N) is 5. The number of rotatable bonds is 1. The van der Waals surface area contributed by atoms with Crippen LogP contribution in [0, 0.1) is 12.7 Å². The number of pyridine rings is 1. The second kappa shape index (κ2) is 6.67. The second-order valence-corrected chi connectivity index (χ2v) is 7.71. The lowest BCUT2D eigenvalue weighted by atomic mass is 9.95. The zero-order chi connectivity index (χ0) is 22.0. The molecule has 0 bridgehead atoms. The van der Waals surface area contributed by atoms with Gasteiger partial charge in [-0.05, 0) is 25.1 Å². The summed E-state index contributed by atoms with van der Waals surface area (Å²) >= 11 is 0. The second-order valence-electron chi connectivity index (χ2n) is 7.71. The molecule has 1 aromatic carbocycles. The molecule has 0 saturated heterocycles. The minimum Gasteiger partial charge on any atom is -0.493 e. The topological polar surface area (TPSA) is 115 Å². The third kappa shape index (κ3) is 2.57. The van der Waals surface area contributed by atoms with Gasteiger partial charge in [0, 0.05) is 22.3 Å². The van der Waals surface area contributed by atoms with Crippen LogP contribution >= 0.6 is 0 Å². The molecular weight excluding hydrogens is 421 g/mol. The number of aromatic nitrogens is 4. The third-order valence-electron chi connectivity index (χ3n) is 5.90. The Kier molecular flexibility index (Phi) is 3.88. The van der Waals surface area contributed by atoms with Gasteiger partial charge in [0.2, 0.25) is 0 Å². The SMILES string of the molecule is Cc1nocc1-c1cc2c(n3cnnc13)N(C(=O)O)Cc1c(F)ccc3c1[C@@H](CO3)CO2. The Morgan fingerprint density at radius 2 is 2.03 bits per heavy atom. The highest BCUT2D eigenvalue weighted by Crippen LogP contribution is 2.43. The molecule has 2 aliphatic heterocycles. The number of fused-ring (bicyclic) bond motifs is 3. The zero-order valence-electron chi connectivity index (χ0n) is 16.8. The number of carboxylic acid groups (broad SMARTS) is 1. The third-order valence-corrected chi connectivity index (χ3v) is 5.90. The molecule has 0 unspecified atom stereocenters. The number of ether oxygens (including phenoxy) is 2. The molecule has 0 aliphatic carbocycles. The highest BCUT2D eigenvalue weighted by atomic mass is 19.1. The lowest BCUT2D eigenvalue weighted by molar-refractivity contribution is 0.200. The lowest BCUT2D eigenvalue weighted by Gasteiger charge is -2.23. The summed E-state index contributed by atoms with van der Waals surface area (Å²) in [5.74, 6) is 0.284. The predicted octanol–water partition coefficient (Wildman–Crippen LogP) is 3.38. The summed E-state index contributed by atoms with van der Waals surface area (Å²) in [6.07, 6.45) is 1.61. The predicted molar refractivity (Wildman–Crippen MR) is 108 cm³/mol. The van der Waals surface area contributed by atoms with Crippen molar-refractivity contribution in [1.82, 2.24) is 19.8 Å². The van der Waals surface area contributed by atoms with Gasteiger partial charge in [-0.25, -0.2) is 9.18 Å². The van der Waals surface area contributed by atoms with Gasteiger partial charge in [0.25, 0.3) is 0 Å². The standard InChI is InChI=1S/C21H16FN5O5/c1-10-14(8-32-25-10)12-4-17-20(27-9-23-24-19(12)27)26(21(28)29)5-13-15(22)2-3-16-18(13)11(6-30-16)7-31-17/h2-4,8-9,11H,5-7H2,1H3,(H,28,29)/t11-/m0/s1. The van der Waals surface area contributed by atoms with Crippen LogP contribution in [-0.4, -0.2) is 44.2 Å². The van der Waals surface area contributed by atoms with Crippen molar-refractivity contribution in [3.63, 3.8) is 0 Å². The van der Waals surface area contributed by atoms with Crippen LogP contribution in [0.5, 0.6) is 11.5 Å². The van der Waals surface area contributed by atoms with Crippen LogP contribution in [-0.2, 0) is 6.54 Å². The van der Waals surface area contributed by atoms with E-state index in [0.29, 0.717) is 40.4 Å². The molecule has 1 atom stereocenters. The van der Waals surface area contributed by atoms with Crippen LogP contribution in [0.3, 0.4) is 0 Å². The molecule has 32 heavy (non-hydrogen) atoms. The lowest BCUT2D eigenvalue weighted by Crippen LogP contribution is -2.31. The number of hydrogen-bond donors (Lipinski definition) is 1. The number of carbonyl (C=O) groups is 1. The maximum Gasteiger partial charge on any atom is 0.413 e. The van der Waals surface area contributed by atoms with Crippen LogP contribution in [0.25, 0.3) is 16.8 Å². The first-order valence-electron chi connectivity index (χ1n) is 9.88. The Labute approximate surface area is 179 Å². The van der Waals surface area contributed by atoms with Gasteiger partial charge in [-0.1, -0.05) is 5.16 Å². The molecule has 5 heterocycles. The van der Waals surface area contributed by atoms with Crippen molar-refractivity contribution in [2.45, 2.75) is 19.4 Å². The smallest absolute Gasteiger partial charge is 0.413 e. The molecule has 0 fully saturated rings. The minimum absolute atomic E-state index is 0.180. The van der Waals surface area contributed by atoms with Gasteiger partial charge < -0.3 is 19.1 Å². The maximum atomic E-state index is 14.9. The summed E-state index contributed by atoms with van der Waals surface area (Å²) in [6.45, 7) is 2.06. The van der Waals surface area contributed by atoms with Gasteiger partial charge in [-0.3, -0.25) is 9.30 Å². The normalized spacial score (nSPS) is 17.1. The minimum atomic E-state index is -1.27. The number of aryl methyl sites for hydroxylation is 1. The Hall–Kier alpha value is -4.15. The fraction of sp³-hybridized carbons (Fsp3) is 0.238. The van der Waals surface area contributed by atoms with E-state index < -0.39 is 11.9 Å². The quantitative estimate of drug-likeness (QED) is 0.482. The van der Waals surface area contributed by atoms with Crippen LogP contribution < -0.4 is 14.4 Å². The fourth-order valence-electron chi connectivity index (χ4n) is 4.41. The molecule has 4 aromatic rings. The first-order valence-corrected chi connectivity index (χ1v) is 9.88. The van der Waals surface area contributed by atoms with E-state index in [9.17, 15) is 14.3 Å². The first-order chi connectivity index (χ1) is 15.5. The van der Waals surface area contributed by atoms with Crippen LogP contribution in [0.1, 0.15) is 22.7 Å². The average molecular weight is 437 g/mol. The average Bonchev–Trinajstić information content (AvgIpc) is 3.50. The molecule has 2 aliphatic rings. The van der Waals surface area contributed by atoms with Gasteiger partial charge in [0.05, 0.1) is 31.4 Å². The molecule has 11 heteroatoms. The summed E-state index contributed by atoms with van der Waals surface area (Å²) in [6, 6.07) is 4.55. The Morgan fingerprint density at radius 1 is 1.22 bits per heavy atom. The maximum absolute atomic E-state index is 14.9. The van der Waals surface area contributed by atoms with Gasteiger partial charge in [0.1, 0.15) is 24.2 Å². The van der Waals surface area contributed by atoms with E-state index >= 15 is 0 Å². The molecule has 0 saturated carbocycles. The van der Waals surface area contributed by atoms with E-state index in [0.717, 1.165) is 4.90 Å². The Bertz CT molecular complexity index is 1400. The number of hydrogen-bond acceptors (Lipinski definition) is 7. The molecule has 0 radical (unpaired) electrons. The van der Waals surface area contributed by atoms with Crippen LogP contribution in [0.4, 0.5) is 15.0 Å². The largest absolute Gasteiger partial charge is 0.493 e. The molecule has 6 rings (SSSR count). The summed E-state index contributed by atoms with van der Waals surface area (Å²) < 4.78 is 33.4. The molecule has 162 valence electrons. The van der Waals surface area contributed by atoms with Gasteiger partial charge in [-0.2, -0.15) is 0 Å². The zero-order valence-corrected chi connectivity index (χ0v) is 16.8. The van der Waals surface area contributed by atoms with Crippen LogP contribution in [0.2, 0.25) is 0 Å². The molecule has 0 spiro atoms. The van der Waals surface area contributed by atoms with Gasteiger partial charge in [0.15, 0.2) is 17.2 Å². The van der Waals surface area contributed by atoms with E-state index in [1.165, 1.54) is 23.1 Å². The molecule has 1 amide bonds. The summed E-state index contributed by atoms with van der Waals surface area (Å²) in [4.78, 5) is 13.4. The Morgan fingerprint density at radius 3 is 2.78 bits per heavy atom. The summed E-state index contributed by atoms with van der Waals surface area (Å²) in [5, 5.41) is 22.2. The van der Waals surface area contributed by atoms with Crippen molar-refractivity contribution in [3.8, 4) is 22.6 Å². The van der Waals surface area contributed by atoms with E-state index in [4.69, 9.17) is 14.0 Å². The van der Waals surface area contributed by atoms with E-state index in [1.807, 2.05) is 0 Å². The van der Waals surface area contributed by atoms with E-state index in [2.05, 4.69) is 15.4 Å².